The number of nitrogens with zero attached hydrogens (tertiary/aromatic N) is 1. The Labute approximate surface area is 98.9 Å². The molecule has 0 bridgehead atoms. The molecule has 0 atom stereocenters. The molecule has 1 aliphatic heterocycles. The highest BCUT2D eigenvalue weighted by Crippen LogP contribution is 2.10. The SMILES string of the molecule is C=C(C(=O)NCCOCC)N1C(=O)C=CC1=O. The molecule has 3 amide bonds. The minimum absolute atomic E-state index is 0.179. The molecule has 6 heteroatoms. The second-order valence-corrected chi connectivity index (χ2v) is 3.24. The zero-order valence-electron chi connectivity index (χ0n) is 9.56. The summed E-state index contributed by atoms with van der Waals surface area (Å²) in [6, 6.07) is 0. The van der Waals surface area contributed by atoms with Crippen molar-refractivity contribution in [3.8, 4) is 0 Å². The van der Waals surface area contributed by atoms with E-state index in [0.717, 1.165) is 17.1 Å². The summed E-state index contributed by atoms with van der Waals surface area (Å²) in [5.41, 5.74) is -0.179. The van der Waals surface area contributed by atoms with Gasteiger partial charge in [-0.2, -0.15) is 0 Å². The smallest absolute Gasteiger partial charge is 0.267 e. The van der Waals surface area contributed by atoms with E-state index in [1.165, 1.54) is 0 Å². The normalized spacial score (nSPS) is 14.3. The zero-order chi connectivity index (χ0) is 12.8. The topological polar surface area (TPSA) is 75.7 Å². The molecule has 0 spiro atoms. The van der Waals surface area contributed by atoms with Crippen LogP contribution in [0.2, 0.25) is 0 Å². The lowest BCUT2D eigenvalue weighted by Gasteiger charge is -2.15. The monoisotopic (exact) mass is 238 g/mol. The van der Waals surface area contributed by atoms with Gasteiger partial charge in [0.2, 0.25) is 0 Å². The van der Waals surface area contributed by atoms with Crippen LogP contribution in [0, 0.1) is 0 Å². The van der Waals surface area contributed by atoms with Gasteiger partial charge in [0.1, 0.15) is 5.70 Å². The van der Waals surface area contributed by atoms with Crippen molar-refractivity contribution in [2.45, 2.75) is 6.92 Å². The van der Waals surface area contributed by atoms with Crippen molar-refractivity contribution >= 4 is 17.7 Å². The van der Waals surface area contributed by atoms with Crippen LogP contribution >= 0.6 is 0 Å². The molecule has 1 heterocycles. The molecule has 6 nitrogen and oxygen atoms in total. The van der Waals surface area contributed by atoms with Gasteiger partial charge in [-0.3, -0.25) is 14.4 Å². The Bertz CT molecular complexity index is 369. The van der Waals surface area contributed by atoms with E-state index < -0.39 is 17.7 Å². The number of carbonyl (C=O) groups excluding carboxylic acids is 3. The number of imide groups is 1. The quantitative estimate of drug-likeness (QED) is 0.387. The minimum Gasteiger partial charge on any atom is -0.380 e. The fourth-order valence-electron chi connectivity index (χ4n) is 1.25. The first-order valence-corrected chi connectivity index (χ1v) is 5.19. The molecule has 0 aromatic heterocycles. The predicted molar refractivity (Wildman–Crippen MR) is 59.6 cm³/mol. The van der Waals surface area contributed by atoms with Crippen molar-refractivity contribution in [1.82, 2.24) is 10.2 Å². The largest absolute Gasteiger partial charge is 0.380 e. The highest BCUT2D eigenvalue weighted by atomic mass is 16.5. The van der Waals surface area contributed by atoms with Crippen LogP contribution < -0.4 is 5.32 Å². The molecule has 17 heavy (non-hydrogen) atoms. The summed E-state index contributed by atoms with van der Waals surface area (Å²) < 4.78 is 5.03. The van der Waals surface area contributed by atoms with Crippen molar-refractivity contribution < 1.29 is 19.1 Å². The van der Waals surface area contributed by atoms with E-state index in [-0.39, 0.29) is 5.70 Å². The van der Waals surface area contributed by atoms with Crippen LogP contribution in [0.1, 0.15) is 6.92 Å². The number of hydrogen-bond acceptors (Lipinski definition) is 4. The van der Waals surface area contributed by atoms with Gasteiger partial charge in [-0.05, 0) is 6.92 Å². The molecule has 92 valence electrons. The second kappa shape index (κ2) is 5.95. The van der Waals surface area contributed by atoms with Crippen LogP contribution in [0.5, 0.6) is 0 Å². The van der Waals surface area contributed by atoms with Crippen molar-refractivity contribution in [3.63, 3.8) is 0 Å². The number of hydrogen-bond donors (Lipinski definition) is 1. The van der Waals surface area contributed by atoms with E-state index in [2.05, 4.69) is 11.9 Å². The van der Waals surface area contributed by atoms with E-state index in [4.69, 9.17) is 4.74 Å². The molecule has 1 rings (SSSR count). The van der Waals surface area contributed by atoms with E-state index in [9.17, 15) is 14.4 Å². The average molecular weight is 238 g/mol. The Morgan fingerprint density at radius 2 is 2.00 bits per heavy atom. The Hall–Kier alpha value is -1.95. The maximum absolute atomic E-state index is 11.5. The number of amides is 3. The molecule has 0 fully saturated rings. The van der Waals surface area contributed by atoms with Crippen LogP contribution in [0.4, 0.5) is 0 Å². The molecule has 0 saturated heterocycles. The van der Waals surface area contributed by atoms with Crippen LogP contribution in [-0.4, -0.2) is 42.4 Å². The molecular weight excluding hydrogens is 224 g/mol. The van der Waals surface area contributed by atoms with E-state index >= 15 is 0 Å². The van der Waals surface area contributed by atoms with Crippen LogP contribution in [0.25, 0.3) is 0 Å². The summed E-state index contributed by atoms with van der Waals surface area (Å²) in [5, 5.41) is 2.50. The van der Waals surface area contributed by atoms with Crippen molar-refractivity contribution in [3.05, 3.63) is 24.4 Å². The van der Waals surface area contributed by atoms with Gasteiger partial charge in [-0.25, -0.2) is 4.90 Å². The third-order valence-corrected chi connectivity index (χ3v) is 2.08. The van der Waals surface area contributed by atoms with E-state index in [1.54, 1.807) is 0 Å². The molecule has 0 radical (unpaired) electrons. The predicted octanol–water partition coefficient (Wildman–Crippen LogP) is -0.422. The summed E-state index contributed by atoms with van der Waals surface area (Å²) in [6.45, 7) is 6.50. The van der Waals surface area contributed by atoms with Crippen molar-refractivity contribution in [1.29, 1.82) is 0 Å². The maximum atomic E-state index is 11.5. The lowest BCUT2D eigenvalue weighted by molar-refractivity contribution is -0.137. The van der Waals surface area contributed by atoms with Gasteiger partial charge in [0, 0.05) is 25.3 Å². The summed E-state index contributed by atoms with van der Waals surface area (Å²) in [6.07, 6.45) is 2.20. The molecule has 1 aliphatic rings. The van der Waals surface area contributed by atoms with Crippen molar-refractivity contribution in [2.75, 3.05) is 19.8 Å². The van der Waals surface area contributed by atoms with Gasteiger partial charge in [-0.1, -0.05) is 6.58 Å². The highest BCUT2D eigenvalue weighted by molar-refractivity contribution is 6.17. The fourth-order valence-corrected chi connectivity index (χ4v) is 1.25. The number of rotatable bonds is 6. The lowest BCUT2D eigenvalue weighted by Crippen LogP contribution is -2.38. The van der Waals surface area contributed by atoms with Crippen molar-refractivity contribution in [2.24, 2.45) is 0 Å². The van der Waals surface area contributed by atoms with Gasteiger partial charge >= 0.3 is 0 Å². The van der Waals surface area contributed by atoms with E-state index in [1.807, 2.05) is 6.92 Å². The van der Waals surface area contributed by atoms with Gasteiger partial charge in [0.15, 0.2) is 0 Å². The summed E-state index contributed by atoms with van der Waals surface area (Å²) in [4.78, 5) is 34.8. The van der Waals surface area contributed by atoms with Crippen LogP contribution in [0.15, 0.2) is 24.4 Å². The standard InChI is InChI=1S/C11H14N2O4/c1-3-17-7-6-12-11(16)8(2)13-9(14)4-5-10(13)15/h4-5H,2-3,6-7H2,1H3,(H,12,16). The third kappa shape index (κ3) is 3.25. The van der Waals surface area contributed by atoms with Gasteiger partial charge in [-0.15, -0.1) is 0 Å². The second-order valence-electron chi connectivity index (χ2n) is 3.24. The highest BCUT2D eigenvalue weighted by Gasteiger charge is 2.29. The van der Waals surface area contributed by atoms with E-state index in [0.29, 0.717) is 19.8 Å². The number of carbonyl (C=O) groups is 3. The average Bonchev–Trinajstić information content (AvgIpc) is 2.63. The van der Waals surface area contributed by atoms with Gasteiger partial charge < -0.3 is 10.1 Å². The molecule has 1 N–H and O–H groups in total. The Balaban J connectivity index is 2.45. The lowest BCUT2D eigenvalue weighted by atomic mass is 10.4. The fraction of sp³-hybridized carbons (Fsp3) is 0.364. The molecule has 0 saturated carbocycles. The maximum Gasteiger partial charge on any atom is 0.267 e. The number of ether oxygens (including phenoxy) is 1. The minimum atomic E-state index is -0.560. The summed E-state index contributed by atoms with van der Waals surface area (Å²) >= 11 is 0. The zero-order valence-corrected chi connectivity index (χ0v) is 9.56. The Morgan fingerprint density at radius 1 is 1.41 bits per heavy atom. The first kappa shape index (κ1) is 13.1. The molecular formula is C11H14N2O4. The molecule has 0 aromatic carbocycles. The summed E-state index contributed by atoms with van der Waals surface area (Å²) in [7, 11) is 0. The molecule has 0 unspecified atom stereocenters. The van der Waals surface area contributed by atoms with Crippen LogP contribution in [0.3, 0.4) is 0 Å². The first-order valence-electron chi connectivity index (χ1n) is 5.19. The third-order valence-electron chi connectivity index (χ3n) is 2.08. The Morgan fingerprint density at radius 3 is 2.53 bits per heavy atom. The molecule has 0 aromatic rings. The summed E-state index contributed by atoms with van der Waals surface area (Å²) in [5.74, 6) is -1.67. The molecule has 0 aliphatic carbocycles. The first-order chi connectivity index (χ1) is 8.07. The number of nitrogens with one attached hydrogen (secondary N) is 1. The van der Waals surface area contributed by atoms with Crippen LogP contribution in [-0.2, 0) is 19.1 Å². The van der Waals surface area contributed by atoms with Gasteiger partial charge in [0.25, 0.3) is 17.7 Å². The Kier molecular flexibility index (Phi) is 4.59. The van der Waals surface area contributed by atoms with Gasteiger partial charge in [0.05, 0.1) is 6.61 Å².